The standard InChI is InChI=1S/C14H18N2O2/c1-8-5-6-11(14(17)18-4)7-12(8)13(16)9(2)10(3)15/h5-7,16H,15H2,1-4H3. The monoisotopic (exact) mass is 246 g/mol. The number of ether oxygens (including phenoxy) is 1. The maximum Gasteiger partial charge on any atom is 0.337 e. The minimum atomic E-state index is -0.407. The second-order valence-corrected chi connectivity index (χ2v) is 4.20. The second kappa shape index (κ2) is 5.49. The van der Waals surface area contributed by atoms with Crippen LogP contribution < -0.4 is 5.73 Å². The molecule has 0 unspecified atom stereocenters. The van der Waals surface area contributed by atoms with Gasteiger partial charge in [-0.25, -0.2) is 4.79 Å². The zero-order chi connectivity index (χ0) is 13.9. The molecule has 1 rings (SSSR count). The molecule has 0 saturated heterocycles. The van der Waals surface area contributed by atoms with Crippen molar-refractivity contribution in [2.45, 2.75) is 20.8 Å². The van der Waals surface area contributed by atoms with Crippen LogP contribution in [0.3, 0.4) is 0 Å². The maximum atomic E-state index is 11.5. The van der Waals surface area contributed by atoms with Crippen LogP contribution in [0.25, 0.3) is 0 Å². The first-order valence-electron chi connectivity index (χ1n) is 5.59. The van der Waals surface area contributed by atoms with Gasteiger partial charge in [0.15, 0.2) is 0 Å². The van der Waals surface area contributed by atoms with E-state index in [0.29, 0.717) is 28.1 Å². The lowest BCUT2D eigenvalue weighted by Gasteiger charge is -2.11. The average Bonchev–Trinajstić information content (AvgIpc) is 2.36. The molecule has 4 heteroatoms. The summed E-state index contributed by atoms with van der Waals surface area (Å²) in [6.45, 7) is 5.44. The molecule has 3 N–H and O–H groups in total. The summed E-state index contributed by atoms with van der Waals surface area (Å²) in [7, 11) is 1.34. The highest BCUT2D eigenvalue weighted by molar-refractivity contribution is 6.12. The molecule has 0 atom stereocenters. The Morgan fingerprint density at radius 2 is 1.94 bits per heavy atom. The fourth-order valence-electron chi connectivity index (χ4n) is 1.54. The number of esters is 1. The Bertz CT molecular complexity index is 527. The predicted molar refractivity (Wildman–Crippen MR) is 71.9 cm³/mol. The van der Waals surface area contributed by atoms with E-state index in [9.17, 15) is 4.79 Å². The van der Waals surface area contributed by atoms with Crippen molar-refractivity contribution < 1.29 is 9.53 Å². The number of allylic oxidation sites excluding steroid dienone is 2. The Balaban J connectivity index is 3.29. The molecule has 0 radical (unpaired) electrons. The van der Waals surface area contributed by atoms with E-state index in [-0.39, 0.29) is 0 Å². The normalized spacial score (nSPS) is 11.8. The first kappa shape index (κ1) is 14.0. The highest BCUT2D eigenvalue weighted by Crippen LogP contribution is 2.17. The summed E-state index contributed by atoms with van der Waals surface area (Å²) >= 11 is 0. The molecule has 0 aliphatic heterocycles. The molecular weight excluding hydrogens is 228 g/mol. The molecule has 96 valence electrons. The SMILES string of the molecule is COC(=O)c1ccc(C)c(C(=N)C(C)=C(C)N)c1. The van der Waals surface area contributed by atoms with Crippen molar-refractivity contribution in [1.29, 1.82) is 5.41 Å². The molecule has 0 bridgehead atoms. The molecule has 18 heavy (non-hydrogen) atoms. The maximum absolute atomic E-state index is 11.5. The van der Waals surface area contributed by atoms with Gasteiger partial charge in [0.25, 0.3) is 0 Å². The first-order valence-corrected chi connectivity index (χ1v) is 5.59. The van der Waals surface area contributed by atoms with Gasteiger partial charge in [0, 0.05) is 11.3 Å². The lowest BCUT2D eigenvalue weighted by atomic mass is 9.96. The third-order valence-corrected chi connectivity index (χ3v) is 2.89. The van der Waals surface area contributed by atoms with E-state index >= 15 is 0 Å². The highest BCUT2D eigenvalue weighted by Gasteiger charge is 2.13. The molecule has 0 fully saturated rings. The molecule has 0 aliphatic rings. The smallest absolute Gasteiger partial charge is 0.337 e. The van der Waals surface area contributed by atoms with Crippen LogP contribution in [-0.4, -0.2) is 18.8 Å². The van der Waals surface area contributed by atoms with E-state index in [1.165, 1.54) is 7.11 Å². The lowest BCUT2D eigenvalue weighted by Crippen LogP contribution is -2.10. The Morgan fingerprint density at radius 1 is 1.33 bits per heavy atom. The minimum Gasteiger partial charge on any atom is -0.465 e. The van der Waals surface area contributed by atoms with Crippen LogP contribution in [0.15, 0.2) is 29.5 Å². The van der Waals surface area contributed by atoms with Crippen molar-refractivity contribution in [3.8, 4) is 0 Å². The van der Waals surface area contributed by atoms with Crippen LogP contribution >= 0.6 is 0 Å². The van der Waals surface area contributed by atoms with Gasteiger partial charge in [-0.2, -0.15) is 0 Å². The van der Waals surface area contributed by atoms with Gasteiger partial charge in [0.05, 0.1) is 18.4 Å². The van der Waals surface area contributed by atoms with E-state index in [0.717, 1.165) is 5.56 Å². The number of hydrogen-bond acceptors (Lipinski definition) is 4. The molecule has 0 aliphatic carbocycles. The molecule has 4 nitrogen and oxygen atoms in total. The summed E-state index contributed by atoms with van der Waals surface area (Å²) in [6.07, 6.45) is 0. The molecule has 0 heterocycles. The number of carbonyl (C=O) groups is 1. The van der Waals surface area contributed by atoms with Crippen LogP contribution in [0.5, 0.6) is 0 Å². The number of hydrogen-bond donors (Lipinski definition) is 2. The predicted octanol–water partition coefficient (Wildman–Crippen LogP) is 2.40. The van der Waals surface area contributed by atoms with Gasteiger partial charge in [0.2, 0.25) is 0 Å². The lowest BCUT2D eigenvalue weighted by molar-refractivity contribution is 0.0600. The van der Waals surface area contributed by atoms with E-state index in [2.05, 4.69) is 4.74 Å². The number of rotatable bonds is 3. The summed E-state index contributed by atoms with van der Waals surface area (Å²) in [4.78, 5) is 11.5. The Hall–Kier alpha value is -2.10. The zero-order valence-corrected chi connectivity index (χ0v) is 11.1. The van der Waals surface area contributed by atoms with Crippen LogP contribution in [0, 0.1) is 12.3 Å². The van der Waals surface area contributed by atoms with Crippen LogP contribution in [-0.2, 0) is 4.74 Å². The molecular formula is C14H18N2O2. The summed E-state index contributed by atoms with van der Waals surface area (Å²) in [5.74, 6) is -0.407. The summed E-state index contributed by atoms with van der Waals surface area (Å²) < 4.78 is 4.67. The van der Waals surface area contributed by atoms with Crippen molar-refractivity contribution >= 4 is 11.7 Å². The number of benzene rings is 1. The van der Waals surface area contributed by atoms with Gasteiger partial charge in [0.1, 0.15) is 0 Å². The highest BCUT2D eigenvalue weighted by atomic mass is 16.5. The van der Waals surface area contributed by atoms with Crippen molar-refractivity contribution in [2.75, 3.05) is 7.11 Å². The zero-order valence-electron chi connectivity index (χ0n) is 11.1. The summed E-state index contributed by atoms with van der Waals surface area (Å²) in [5.41, 5.74) is 9.39. The topological polar surface area (TPSA) is 76.2 Å². The van der Waals surface area contributed by atoms with Crippen molar-refractivity contribution in [1.82, 2.24) is 0 Å². The number of nitrogens with one attached hydrogen (secondary N) is 1. The first-order chi connectivity index (χ1) is 8.38. The molecule has 0 saturated carbocycles. The molecule has 1 aromatic rings. The van der Waals surface area contributed by atoms with Crippen molar-refractivity contribution in [2.24, 2.45) is 5.73 Å². The van der Waals surface area contributed by atoms with E-state index in [4.69, 9.17) is 11.1 Å². The van der Waals surface area contributed by atoms with E-state index in [1.807, 2.05) is 6.92 Å². The quantitative estimate of drug-likeness (QED) is 0.635. The van der Waals surface area contributed by atoms with Gasteiger partial charge in [-0.05, 0) is 44.0 Å². The van der Waals surface area contributed by atoms with Gasteiger partial charge < -0.3 is 10.5 Å². The average molecular weight is 246 g/mol. The molecule has 1 aromatic carbocycles. The number of methoxy groups -OCH3 is 1. The Morgan fingerprint density at radius 3 is 2.44 bits per heavy atom. The van der Waals surface area contributed by atoms with Crippen LogP contribution in [0.4, 0.5) is 0 Å². The van der Waals surface area contributed by atoms with Crippen molar-refractivity contribution in [3.05, 3.63) is 46.2 Å². The fourth-order valence-corrected chi connectivity index (χ4v) is 1.54. The summed E-state index contributed by atoms with van der Waals surface area (Å²) in [5, 5.41) is 8.11. The third kappa shape index (κ3) is 2.77. The third-order valence-electron chi connectivity index (χ3n) is 2.89. The second-order valence-electron chi connectivity index (χ2n) is 4.20. The molecule has 0 amide bonds. The van der Waals surface area contributed by atoms with E-state index < -0.39 is 5.97 Å². The van der Waals surface area contributed by atoms with Gasteiger partial charge in [-0.15, -0.1) is 0 Å². The van der Waals surface area contributed by atoms with E-state index in [1.54, 1.807) is 32.0 Å². The fraction of sp³-hybridized carbons (Fsp3) is 0.286. The van der Waals surface area contributed by atoms with Gasteiger partial charge in [-0.3, -0.25) is 5.41 Å². The minimum absolute atomic E-state index is 0.332. The number of aryl methyl sites for hydroxylation is 1. The molecule has 0 aromatic heterocycles. The van der Waals surface area contributed by atoms with Crippen LogP contribution in [0.1, 0.15) is 35.3 Å². The van der Waals surface area contributed by atoms with Crippen LogP contribution in [0.2, 0.25) is 0 Å². The Kier molecular flexibility index (Phi) is 4.26. The van der Waals surface area contributed by atoms with Crippen molar-refractivity contribution in [3.63, 3.8) is 0 Å². The number of nitrogens with two attached hydrogens (primary N) is 1. The molecule has 0 spiro atoms. The Labute approximate surface area is 107 Å². The summed E-state index contributed by atoms with van der Waals surface area (Å²) in [6, 6.07) is 5.15. The number of carbonyl (C=O) groups excluding carboxylic acids is 1. The van der Waals surface area contributed by atoms with Gasteiger partial charge in [-0.1, -0.05) is 6.07 Å². The largest absolute Gasteiger partial charge is 0.465 e. The van der Waals surface area contributed by atoms with Gasteiger partial charge >= 0.3 is 5.97 Å².